The van der Waals surface area contributed by atoms with Crippen LogP contribution < -0.4 is 10.2 Å². The number of benzene rings is 1. The first-order valence-corrected chi connectivity index (χ1v) is 8.94. The first-order valence-electron chi connectivity index (χ1n) is 8.94. The van der Waals surface area contributed by atoms with Gasteiger partial charge in [0.1, 0.15) is 5.82 Å². The summed E-state index contributed by atoms with van der Waals surface area (Å²) < 4.78 is 0. The van der Waals surface area contributed by atoms with Crippen molar-refractivity contribution in [1.82, 2.24) is 14.9 Å². The highest BCUT2D eigenvalue weighted by Crippen LogP contribution is 2.34. The topological polar surface area (TPSA) is 44.3 Å². The number of nitrogens with one attached hydrogen (secondary N) is 1. The van der Waals surface area contributed by atoms with Gasteiger partial charge in [0, 0.05) is 36.9 Å². The molecule has 0 saturated carbocycles. The molecule has 0 atom stereocenters. The van der Waals surface area contributed by atoms with Crippen molar-refractivity contribution >= 4 is 11.8 Å². The highest BCUT2D eigenvalue weighted by atomic mass is 15.3. The Morgan fingerprint density at radius 3 is 2.60 bits per heavy atom. The van der Waals surface area contributed by atoms with E-state index in [0.717, 1.165) is 37.6 Å². The van der Waals surface area contributed by atoms with E-state index in [2.05, 4.69) is 78.4 Å². The fourth-order valence-electron chi connectivity index (χ4n) is 3.38. The summed E-state index contributed by atoms with van der Waals surface area (Å²) >= 11 is 0. The highest BCUT2D eigenvalue weighted by molar-refractivity contribution is 5.51. The maximum Gasteiger partial charge on any atom is 0.224 e. The molecule has 0 unspecified atom stereocenters. The second kappa shape index (κ2) is 7.00. The zero-order chi connectivity index (χ0) is 18.0. The number of rotatable bonds is 5. The fourth-order valence-corrected chi connectivity index (χ4v) is 3.38. The van der Waals surface area contributed by atoms with Crippen LogP contribution in [-0.4, -0.2) is 47.6 Å². The van der Waals surface area contributed by atoms with Crippen LogP contribution in [0.2, 0.25) is 0 Å². The predicted octanol–water partition coefficient (Wildman–Crippen LogP) is 3.10. The molecule has 1 aliphatic heterocycles. The van der Waals surface area contributed by atoms with Gasteiger partial charge in [-0.1, -0.05) is 24.3 Å². The summed E-state index contributed by atoms with van der Waals surface area (Å²) in [5, 5.41) is 3.35. The minimum absolute atomic E-state index is 0.0239. The Kier molecular flexibility index (Phi) is 4.95. The van der Waals surface area contributed by atoms with Gasteiger partial charge in [0.25, 0.3) is 0 Å². The molecule has 0 spiro atoms. The maximum atomic E-state index is 4.81. The zero-order valence-corrected chi connectivity index (χ0v) is 16.0. The van der Waals surface area contributed by atoms with Crippen molar-refractivity contribution < 1.29 is 0 Å². The lowest BCUT2D eigenvalue weighted by Gasteiger charge is -2.44. The Morgan fingerprint density at radius 1 is 1.16 bits per heavy atom. The lowest BCUT2D eigenvalue weighted by molar-refractivity contribution is 0.423. The molecular weight excluding hydrogens is 310 g/mol. The van der Waals surface area contributed by atoms with Gasteiger partial charge in [-0.2, -0.15) is 4.98 Å². The summed E-state index contributed by atoms with van der Waals surface area (Å²) in [6.07, 6.45) is 1.02. The summed E-state index contributed by atoms with van der Waals surface area (Å²) in [6.45, 7) is 9.29. The largest absolute Gasteiger partial charge is 0.353 e. The minimum atomic E-state index is 0.0239. The minimum Gasteiger partial charge on any atom is -0.353 e. The molecule has 0 radical (unpaired) electrons. The third kappa shape index (κ3) is 4.10. The molecule has 2 aromatic rings. The molecule has 1 N–H and O–H groups in total. The van der Waals surface area contributed by atoms with Crippen molar-refractivity contribution in [3.63, 3.8) is 0 Å². The Hall–Kier alpha value is -2.14. The number of hydrogen-bond donors (Lipinski definition) is 1. The van der Waals surface area contributed by atoms with E-state index in [1.54, 1.807) is 0 Å². The van der Waals surface area contributed by atoms with Gasteiger partial charge in [0.05, 0.1) is 0 Å². The third-order valence-corrected chi connectivity index (χ3v) is 4.76. The monoisotopic (exact) mass is 339 g/mol. The van der Waals surface area contributed by atoms with Crippen LogP contribution in [0.15, 0.2) is 30.3 Å². The Morgan fingerprint density at radius 2 is 1.88 bits per heavy atom. The normalized spacial score (nSPS) is 16.0. The highest BCUT2D eigenvalue weighted by Gasteiger charge is 2.33. The van der Waals surface area contributed by atoms with Crippen LogP contribution in [0.4, 0.5) is 11.8 Å². The molecule has 0 aliphatic carbocycles. The number of fused-ring (bicyclic) bond motifs is 1. The van der Waals surface area contributed by atoms with Gasteiger partial charge in [-0.25, -0.2) is 4.98 Å². The van der Waals surface area contributed by atoms with Gasteiger partial charge in [-0.05, 0) is 52.4 Å². The van der Waals surface area contributed by atoms with Crippen LogP contribution in [0.3, 0.4) is 0 Å². The van der Waals surface area contributed by atoms with E-state index in [9.17, 15) is 0 Å². The van der Waals surface area contributed by atoms with Crippen LogP contribution in [0.25, 0.3) is 0 Å². The summed E-state index contributed by atoms with van der Waals surface area (Å²) in [5.41, 5.74) is 3.85. The number of hydrogen-bond acceptors (Lipinski definition) is 5. The second-order valence-corrected chi connectivity index (χ2v) is 7.77. The van der Waals surface area contributed by atoms with Crippen LogP contribution in [-0.2, 0) is 13.0 Å². The van der Waals surface area contributed by atoms with Crippen molar-refractivity contribution in [2.75, 3.05) is 37.4 Å². The Balaban J connectivity index is 1.86. The molecule has 2 heterocycles. The van der Waals surface area contributed by atoms with Crippen LogP contribution >= 0.6 is 0 Å². The van der Waals surface area contributed by atoms with Crippen LogP contribution in [0.5, 0.6) is 0 Å². The zero-order valence-electron chi connectivity index (χ0n) is 16.0. The predicted molar refractivity (Wildman–Crippen MR) is 104 cm³/mol. The molecule has 0 saturated heterocycles. The third-order valence-electron chi connectivity index (χ3n) is 4.76. The summed E-state index contributed by atoms with van der Waals surface area (Å²) in [4.78, 5) is 13.9. The number of aromatic nitrogens is 2. The lowest BCUT2D eigenvalue weighted by atomic mass is 9.85. The average Bonchev–Trinajstić information content (AvgIpc) is 2.52. The van der Waals surface area contributed by atoms with Crippen molar-refractivity contribution in [2.24, 2.45) is 0 Å². The summed E-state index contributed by atoms with van der Waals surface area (Å²) in [7, 11) is 4.13. The van der Waals surface area contributed by atoms with Crippen LogP contribution in [0.1, 0.15) is 30.7 Å². The second-order valence-electron chi connectivity index (χ2n) is 7.77. The molecule has 1 aliphatic rings. The van der Waals surface area contributed by atoms with Crippen molar-refractivity contribution in [3.8, 4) is 0 Å². The van der Waals surface area contributed by atoms with Gasteiger partial charge >= 0.3 is 0 Å². The molecule has 3 rings (SSSR count). The van der Waals surface area contributed by atoms with E-state index < -0.39 is 0 Å². The number of anilines is 2. The van der Waals surface area contributed by atoms with E-state index >= 15 is 0 Å². The van der Waals surface area contributed by atoms with E-state index in [1.807, 2.05) is 6.92 Å². The quantitative estimate of drug-likeness (QED) is 0.907. The first kappa shape index (κ1) is 17.7. The van der Waals surface area contributed by atoms with E-state index in [0.29, 0.717) is 5.95 Å². The van der Waals surface area contributed by atoms with Crippen molar-refractivity contribution in [1.29, 1.82) is 0 Å². The summed E-state index contributed by atoms with van der Waals surface area (Å²) in [5.74, 6) is 1.71. The van der Waals surface area contributed by atoms with Gasteiger partial charge in [0.2, 0.25) is 5.95 Å². The van der Waals surface area contributed by atoms with E-state index in [4.69, 9.17) is 4.98 Å². The Bertz CT molecular complexity index is 739. The molecule has 0 fully saturated rings. The van der Waals surface area contributed by atoms with E-state index in [1.165, 1.54) is 11.1 Å². The molecule has 5 nitrogen and oxygen atoms in total. The molecule has 5 heteroatoms. The van der Waals surface area contributed by atoms with E-state index in [-0.39, 0.29) is 5.54 Å². The number of nitrogens with zero attached hydrogens (tertiary/aromatic N) is 4. The van der Waals surface area contributed by atoms with Gasteiger partial charge in [-0.3, -0.25) is 0 Å². The standard InChI is InChI=1S/C20H29N5/c1-15-12-18(23-19(22-15)21-10-11-24(4)5)25-14-17-9-7-6-8-16(17)13-20(25,2)3/h6-9,12H,10-11,13-14H2,1-5H3,(H,21,22,23). The molecule has 0 bridgehead atoms. The fraction of sp³-hybridized carbons (Fsp3) is 0.500. The molecule has 0 amide bonds. The number of aryl methyl sites for hydroxylation is 1. The smallest absolute Gasteiger partial charge is 0.224 e. The number of likely N-dealkylation sites (N-methyl/N-ethyl adjacent to an activating group) is 1. The van der Waals surface area contributed by atoms with Crippen molar-refractivity contribution in [3.05, 3.63) is 47.2 Å². The Labute approximate surface area is 151 Å². The first-order chi connectivity index (χ1) is 11.8. The maximum absolute atomic E-state index is 4.81. The molecule has 134 valence electrons. The lowest BCUT2D eigenvalue weighted by Crippen LogP contribution is -2.49. The molecule has 25 heavy (non-hydrogen) atoms. The van der Waals surface area contributed by atoms with Gasteiger partial charge in [-0.15, -0.1) is 0 Å². The van der Waals surface area contributed by atoms with Gasteiger partial charge in [0.15, 0.2) is 0 Å². The SMILES string of the molecule is Cc1cc(N2Cc3ccccc3CC2(C)C)nc(NCCN(C)C)n1. The molecular formula is C20H29N5. The summed E-state index contributed by atoms with van der Waals surface area (Å²) in [6, 6.07) is 10.8. The molecule has 1 aromatic heterocycles. The molecule has 1 aromatic carbocycles. The average molecular weight is 339 g/mol. The van der Waals surface area contributed by atoms with Crippen molar-refractivity contribution in [2.45, 2.75) is 39.3 Å². The van der Waals surface area contributed by atoms with Crippen LogP contribution in [0, 0.1) is 6.92 Å². The van der Waals surface area contributed by atoms with Gasteiger partial charge < -0.3 is 15.1 Å².